The van der Waals surface area contributed by atoms with E-state index in [0.29, 0.717) is 12.2 Å². The molecular weight excluding hydrogens is 210 g/mol. The maximum absolute atomic E-state index is 11.7. The number of amides is 1. The topological polar surface area (TPSA) is 72.4 Å². The van der Waals surface area contributed by atoms with E-state index in [1.54, 1.807) is 12.4 Å². The number of nitrogens with zero attached hydrogens (tertiary/aromatic N) is 3. The van der Waals surface area contributed by atoms with Crippen LogP contribution in [0.15, 0.2) is 18.7 Å². The number of carbonyl (C=O) groups excluding carboxylic acids is 2. The Morgan fingerprint density at radius 1 is 1.50 bits per heavy atom. The molecular formula is C10H11N3O3. The van der Waals surface area contributed by atoms with Crippen molar-refractivity contribution in [3.63, 3.8) is 0 Å². The molecule has 0 saturated carbocycles. The number of hydrogen-bond acceptors (Lipinski definition) is 5. The zero-order chi connectivity index (χ0) is 11.5. The Bertz CT molecular complexity index is 407. The predicted octanol–water partition coefficient (Wildman–Crippen LogP) is 0.00250. The van der Waals surface area contributed by atoms with Gasteiger partial charge in [-0.3, -0.25) is 9.59 Å². The summed E-state index contributed by atoms with van der Waals surface area (Å²) in [7, 11) is 1.32. The quantitative estimate of drug-likeness (QED) is 0.657. The molecule has 2 rings (SSSR count). The minimum Gasteiger partial charge on any atom is -0.469 e. The van der Waals surface area contributed by atoms with E-state index in [4.69, 9.17) is 0 Å². The summed E-state index contributed by atoms with van der Waals surface area (Å²) in [4.78, 5) is 32.1. The first kappa shape index (κ1) is 10.5. The highest BCUT2D eigenvalue weighted by atomic mass is 16.5. The smallest absolute Gasteiger partial charge is 0.311 e. The minimum atomic E-state index is -0.391. The van der Waals surface area contributed by atoms with Crippen molar-refractivity contribution in [2.75, 3.05) is 18.6 Å². The van der Waals surface area contributed by atoms with Crippen molar-refractivity contribution in [3.8, 4) is 0 Å². The Morgan fingerprint density at radius 2 is 2.19 bits per heavy atom. The summed E-state index contributed by atoms with van der Waals surface area (Å²) in [6.45, 7) is 0.332. The predicted molar refractivity (Wildman–Crippen MR) is 54.5 cm³/mol. The zero-order valence-corrected chi connectivity index (χ0v) is 8.79. The molecule has 6 nitrogen and oxygen atoms in total. The van der Waals surface area contributed by atoms with Crippen LogP contribution >= 0.6 is 0 Å². The molecule has 1 aromatic heterocycles. The van der Waals surface area contributed by atoms with E-state index in [0.717, 1.165) is 0 Å². The van der Waals surface area contributed by atoms with Crippen molar-refractivity contribution in [1.82, 2.24) is 9.97 Å². The summed E-state index contributed by atoms with van der Waals surface area (Å²) in [5, 5.41) is 0. The van der Waals surface area contributed by atoms with Crippen LogP contribution in [0, 0.1) is 5.92 Å². The van der Waals surface area contributed by atoms with Crippen LogP contribution in [0.4, 0.5) is 5.69 Å². The van der Waals surface area contributed by atoms with Gasteiger partial charge in [-0.2, -0.15) is 0 Å². The van der Waals surface area contributed by atoms with Crippen molar-refractivity contribution in [3.05, 3.63) is 18.7 Å². The first-order valence-corrected chi connectivity index (χ1v) is 4.85. The highest BCUT2D eigenvalue weighted by Gasteiger charge is 2.35. The molecule has 0 spiro atoms. The summed E-state index contributed by atoms with van der Waals surface area (Å²) in [5.74, 6) is -0.851. The fourth-order valence-electron chi connectivity index (χ4n) is 1.71. The van der Waals surface area contributed by atoms with Gasteiger partial charge < -0.3 is 9.64 Å². The number of esters is 1. The number of ether oxygens (including phenoxy) is 1. The second-order valence-electron chi connectivity index (χ2n) is 3.53. The molecule has 6 heteroatoms. The lowest BCUT2D eigenvalue weighted by Crippen LogP contribution is -2.26. The van der Waals surface area contributed by atoms with Gasteiger partial charge in [-0.05, 0) is 0 Å². The third kappa shape index (κ3) is 1.86. The van der Waals surface area contributed by atoms with Crippen molar-refractivity contribution in [1.29, 1.82) is 0 Å². The van der Waals surface area contributed by atoms with Crippen LogP contribution in [-0.4, -0.2) is 35.5 Å². The Hall–Kier alpha value is -1.98. The monoisotopic (exact) mass is 221 g/mol. The molecule has 1 amide bonds. The van der Waals surface area contributed by atoms with Crippen LogP contribution in [0.1, 0.15) is 6.42 Å². The molecule has 1 aliphatic heterocycles. The minimum absolute atomic E-state index is 0.106. The Morgan fingerprint density at radius 3 is 2.81 bits per heavy atom. The number of rotatable bonds is 2. The lowest BCUT2D eigenvalue weighted by Gasteiger charge is -2.14. The fourth-order valence-corrected chi connectivity index (χ4v) is 1.71. The van der Waals surface area contributed by atoms with E-state index in [-0.39, 0.29) is 18.3 Å². The summed E-state index contributed by atoms with van der Waals surface area (Å²) >= 11 is 0. The van der Waals surface area contributed by atoms with Crippen molar-refractivity contribution < 1.29 is 14.3 Å². The van der Waals surface area contributed by atoms with Crippen LogP contribution in [0.3, 0.4) is 0 Å². The molecule has 1 unspecified atom stereocenters. The second-order valence-corrected chi connectivity index (χ2v) is 3.53. The summed E-state index contributed by atoms with van der Waals surface area (Å²) in [6, 6.07) is 0. The lowest BCUT2D eigenvalue weighted by molar-refractivity contribution is -0.145. The maximum atomic E-state index is 11.7. The average Bonchev–Trinajstić information content (AvgIpc) is 2.71. The Balaban J connectivity index is 2.14. The normalized spacial score (nSPS) is 19.9. The number of carbonyl (C=O) groups is 2. The molecule has 1 fully saturated rings. The first-order chi connectivity index (χ1) is 7.72. The molecule has 16 heavy (non-hydrogen) atoms. The molecule has 0 bridgehead atoms. The molecule has 1 aromatic rings. The highest BCUT2D eigenvalue weighted by molar-refractivity contribution is 5.99. The van der Waals surface area contributed by atoms with E-state index in [9.17, 15) is 9.59 Å². The van der Waals surface area contributed by atoms with E-state index in [1.165, 1.54) is 18.3 Å². The number of aromatic nitrogens is 2. The van der Waals surface area contributed by atoms with Gasteiger partial charge in [-0.15, -0.1) is 0 Å². The van der Waals surface area contributed by atoms with E-state index in [2.05, 4.69) is 14.7 Å². The Kier molecular flexibility index (Phi) is 2.80. The molecule has 1 saturated heterocycles. The van der Waals surface area contributed by atoms with Gasteiger partial charge in [0.25, 0.3) is 0 Å². The first-order valence-electron chi connectivity index (χ1n) is 4.85. The fraction of sp³-hybridized carbons (Fsp3) is 0.400. The van der Waals surface area contributed by atoms with Gasteiger partial charge in [0.2, 0.25) is 5.91 Å². The molecule has 2 heterocycles. The second kappa shape index (κ2) is 4.26. The van der Waals surface area contributed by atoms with Crippen LogP contribution < -0.4 is 4.90 Å². The van der Waals surface area contributed by atoms with Gasteiger partial charge >= 0.3 is 5.97 Å². The maximum Gasteiger partial charge on any atom is 0.311 e. The molecule has 0 aromatic carbocycles. The van der Waals surface area contributed by atoms with E-state index >= 15 is 0 Å². The molecule has 1 aliphatic rings. The van der Waals surface area contributed by atoms with Gasteiger partial charge in [0.05, 0.1) is 31.1 Å². The van der Waals surface area contributed by atoms with Crippen LogP contribution in [-0.2, 0) is 14.3 Å². The molecule has 84 valence electrons. The van der Waals surface area contributed by atoms with Gasteiger partial charge in [0.1, 0.15) is 6.33 Å². The summed E-state index contributed by atoms with van der Waals surface area (Å²) in [6.07, 6.45) is 4.67. The number of hydrogen-bond donors (Lipinski definition) is 0. The van der Waals surface area contributed by atoms with Crippen LogP contribution in [0.5, 0.6) is 0 Å². The summed E-state index contributed by atoms with van der Waals surface area (Å²) in [5.41, 5.74) is 0.610. The Labute approximate surface area is 92.3 Å². The molecule has 0 radical (unpaired) electrons. The SMILES string of the molecule is COC(=O)C1CC(=O)N(c2cncnc2)C1. The van der Waals surface area contributed by atoms with Crippen molar-refractivity contribution >= 4 is 17.6 Å². The van der Waals surface area contributed by atoms with Crippen molar-refractivity contribution in [2.45, 2.75) is 6.42 Å². The van der Waals surface area contributed by atoms with Gasteiger partial charge in [-0.1, -0.05) is 0 Å². The zero-order valence-electron chi connectivity index (χ0n) is 8.79. The van der Waals surface area contributed by atoms with E-state index in [1.807, 2.05) is 0 Å². The largest absolute Gasteiger partial charge is 0.469 e. The number of anilines is 1. The third-order valence-corrected chi connectivity index (χ3v) is 2.52. The summed E-state index contributed by atoms with van der Waals surface area (Å²) < 4.78 is 4.62. The molecule has 1 atom stereocenters. The molecule has 0 aliphatic carbocycles. The van der Waals surface area contributed by atoms with Gasteiger partial charge in [-0.25, -0.2) is 9.97 Å². The molecule has 0 N–H and O–H groups in total. The highest BCUT2D eigenvalue weighted by Crippen LogP contribution is 2.24. The lowest BCUT2D eigenvalue weighted by atomic mass is 10.1. The van der Waals surface area contributed by atoms with Gasteiger partial charge in [0, 0.05) is 13.0 Å². The number of methoxy groups -OCH3 is 1. The average molecular weight is 221 g/mol. The van der Waals surface area contributed by atoms with Crippen molar-refractivity contribution in [2.24, 2.45) is 5.92 Å². The third-order valence-electron chi connectivity index (χ3n) is 2.52. The standard InChI is InChI=1S/C10H11N3O3/c1-16-10(15)7-2-9(14)13(5-7)8-3-11-6-12-4-8/h3-4,6-7H,2,5H2,1H3. The van der Waals surface area contributed by atoms with Crippen LogP contribution in [0.25, 0.3) is 0 Å². The van der Waals surface area contributed by atoms with Crippen LogP contribution in [0.2, 0.25) is 0 Å². The van der Waals surface area contributed by atoms with E-state index < -0.39 is 5.92 Å². The van der Waals surface area contributed by atoms with Gasteiger partial charge in [0.15, 0.2) is 0 Å².